The van der Waals surface area contributed by atoms with Crippen LogP contribution in [0.5, 0.6) is 0 Å². The van der Waals surface area contributed by atoms with Gasteiger partial charge in [-0.2, -0.15) is 0 Å². The van der Waals surface area contributed by atoms with Gasteiger partial charge in [-0.1, -0.05) is 0 Å². The van der Waals surface area contributed by atoms with Gasteiger partial charge in [-0.05, 0) is 25.9 Å². The fraction of sp³-hybridized carbons (Fsp3) is 0.929. The average Bonchev–Trinajstić information content (AvgIpc) is 3.09. The van der Waals surface area contributed by atoms with Crippen molar-refractivity contribution in [3.8, 4) is 0 Å². The molecule has 3 saturated heterocycles. The first kappa shape index (κ1) is 13.3. The van der Waals surface area contributed by atoms with Crippen LogP contribution in [0.1, 0.15) is 32.1 Å². The lowest BCUT2D eigenvalue weighted by atomic mass is 10.0. The van der Waals surface area contributed by atoms with Gasteiger partial charge in [0.25, 0.3) is 0 Å². The van der Waals surface area contributed by atoms with Crippen molar-refractivity contribution in [1.29, 1.82) is 0 Å². The Balaban J connectivity index is 1.41. The number of ether oxygens (including phenoxy) is 2. The standard InChI is InChI=1S/C14H24N2O3/c17-13(3-8-15-6-1-2-7-15)16-9-4-14(5-10-16)18-11-12-19-14/h1-12H2. The molecule has 3 heterocycles. The maximum Gasteiger partial charge on any atom is 0.223 e. The van der Waals surface area contributed by atoms with Gasteiger partial charge in [0.1, 0.15) is 0 Å². The van der Waals surface area contributed by atoms with Crippen LogP contribution in [-0.2, 0) is 14.3 Å². The largest absolute Gasteiger partial charge is 0.347 e. The maximum atomic E-state index is 12.2. The monoisotopic (exact) mass is 268 g/mol. The van der Waals surface area contributed by atoms with Crippen LogP contribution in [-0.4, -0.2) is 67.4 Å². The lowest BCUT2D eigenvalue weighted by molar-refractivity contribution is -0.187. The smallest absolute Gasteiger partial charge is 0.223 e. The van der Waals surface area contributed by atoms with E-state index in [1.54, 1.807) is 0 Å². The molecule has 0 aromatic rings. The Morgan fingerprint density at radius 1 is 1.00 bits per heavy atom. The fourth-order valence-corrected chi connectivity index (χ4v) is 3.30. The first-order valence-electron chi connectivity index (χ1n) is 7.56. The second kappa shape index (κ2) is 5.77. The molecular weight excluding hydrogens is 244 g/mol. The van der Waals surface area contributed by atoms with E-state index in [4.69, 9.17) is 9.47 Å². The van der Waals surface area contributed by atoms with Crippen LogP contribution in [0.3, 0.4) is 0 Å². The number of rotatable bonds is 3. The molecule has 0 saturated carbocycles. The molecule has 5 heteroatoms. The van der Waals surface area contributed by atoms with E-state index in [-0.39, 0.29) is 5.79 Å². The zero-order valence-electron chi connectivity index (χ0n) is 11.6. The van der Waals surface area contributed by atoms with E-state index >= 15 is 0 Å². The van der Waals surface area contributed by atoms with Crippen molar-refractivity contribution in [3.63, 3.8) is 0 Å². The number of hydrogen-bond donors (Lipinski definition) is 0. The minimum Gasteiger partial charge on any atom is -0.347 e. The normalized spacial score (nSPS) is 27.3. The summed E-state index contributed by atoms with van der Waals surface area (Å²) in [5, 5.41) is 0. The number of nitrogens with zero attached hydrogens (tertiary/aromatic N) is 2. The highest BCUT2D eigenvalue weighted by molar-refractivity contribution is 5.76. The molecule has 0 aromatic carbocycles. The van der Waals surface area contributed by atoms with Crippen molar-refractivity contribution < 1.29 is 14.3 Å². The predicted molar refractivity (Wildman–Crippen MR) is 70.7 cm³/mol. The fourth-order valence-electron chi connectivity index (χ4n) is 3.30. The molecule has 0 N–H and O–H groups in total. The van der Waals surface area contributed by atoms with Gasteiger partial charge >= 0.3 is 0 Å². The Bertz CT molecular complexity index is 313. The second-order valence-corrected chi connectivity index (χ2v) is 5.79. The zero-order valence-corrected chi connectivity index (χ0v) is 11.6. The number of carbonyl (C=O) groups is 1. The number of hydrogen-bond acceptors (Lipinski definition) is 4. The van der Waals surface area contributed by atoms with Crippen LogP contribution in [0.2, 0.25) is 0 Å². The van der Waals surface area contributed by atoms with Crippen LogP contribution in [0.4, 0.5) is 0 Å². The van der Waals surface area contributed by atoms with E-state index in [0.717, 1.165) is 45.6 Å². The van der Waals surface area contributed by atoms with Gasteiger partial charge in [-0.25, -0.2) is 0 Å². The van der Waals surface area contributed by atoms with Crippen molar-refractivity contribution in [2.24, 2.45) is 0 Å². The van der Waals surface area contributed by atoms with Crippen molar-refractivity contribution in [1.82, 2.24) is 9.80 Å². The van der Waals surface area contributed by atoms with Crippen LogP contribution in [0.15, 0.2) is 0 Å². The molecule has 108 valence electrons. The number of likely N-dealkylation sites (tertiary alicyclic amines) is 2. The molecule has 3 rings (SSSR count). The summed E-state index contributed by atoms with van der Waals surface area (Å²) in [4.78, 5) is 16.5. The Morgan fingerprint density at radius 3 is 2.26 bits per heavy atom. The third kappa shape index (κ3) is 3.09. The molecular formula is C14H24N2O3. The van der Waals surface area contributed by atoms with Gasteiger partial charge in [0.15, 0.2) is 5.79 Å². The summed E-state index contributed by atoms with van der Waals surface area (Å²) >= 11 is 0. The van der Waals surface area contributed by atoms with E-state index in [9.17, 15) is 4.79 Å². The highest BCUT2D eigenvalue weighted by Crippen LogP contribution is 2.31. The molecule has 1 amide bonds. The summed E-state index contributed by atoms with van der Waals surface area (Å²) in [6.45, 7) is 6.20. The minimum atomic E-state index is -0.369. The topological polar surface area (TPSA) is 42.0 Å². The minimum absolute atomic E-state index is 0.291. The molecule has 0 atom stereocenters. The average molecular weight is 268 g/mol. The van der Waals surface area contributed by atoms with Gasteiger partial charge in [0, 0.05) is 38.9 Å². The molecule has 0 unspecified atom stereocenters. The van der Waals surface area contributed by atoms with E-state index in [1.807, 2.05) is 4.90 Å². The van der Waals surface area contributed by atoms with Crippen LogP contribution in [0.25, 0.3) is 0 Å². The highest BCUT2D eigenvalue weighted by Gasteiger charge is 2.40. The molecule has 0 bridgehead atoms. The van der Waals surface area contributed by atoms with Crippen LogP contribution in [0, 0.1) is 0 Å². The van der Waals surface area contributed by atoms with Crippen molar-refractivity contribution in [2.45, 2.75) is 37.9 Å². The summed E-state index contributed by atoms with van der Waals surface area (Å²) in [7, 11) is 0. The Morgan fingerprint density at radius 2 is 1.63 bits per heavy atom. The summed E-state index contributed by atoms with van der Waals surface area (Å²) in [6, 6.07) is 0. The third-order valence-electron chi connectivity index (χ3n) is 4.53. The van der Waals surface area contributed by atoms with Crippen molar-refractivity contribution in [3.05, 3.63) is 0 Å². The molecule has 5 nitrogen and oxygen atoms in total. The van der Waals surface area contributed by atoms with Gasteiger partial charge in [0.2, 0.25) is 5.91 Å². The highest BCUT2D eigenvalue weighted by atomic mass is 16.7. The van der Waals surface area contributed by atoms with Gasteiger partial charge in [-0.15, -0.1) is 0 Å². The first-order chi connectivity index (χ1) is 9.27. The second-order valence-electron chi connectivity index (χ2n) is 5.79. The SMILES string of the molecule is O=C(CCN1CCCC1)N1CCC2(CC1)OCCO2. The summed E-state index contributed by atoms with van der Waals surface area (Å²) < 4.78 is 11.4. The number of carbonyl (C=O) groups excluding carboxylic acids is 1. The Kier molecular flexibility index (Phi) is 4.05. The van der Waals surface area contributed by atoms with Gasteiger partial charge < -0.3 is 19.3 Å². The third-order valence-corrected chi connectivity index (χ3v) is 4.53. The quantitative estimate of drug-likeness (QED) is 0.760. The van der Waals surface area contributed by atoms with Gasteiger partial charge in [0.05, 0.1) is 13.2 Å². The molecule has 3 aliphatic heterocycles. The zero-order chi connectivity index (χ0) is 13.1. The number of piperidine rings is 1. The predicted octanol–water partition coefficient (Wildman–Crippen LogP) is 0.838. The molecule has 3 aliphatic rings. The van der Waals surface area contributed by atoms with E-state index in [1.165, 1.54) is 12.8 Å². The summed E-state index contributed by atoms with van der Waals surface area (Å²) in [6.07, 6.45) is 4.88. The first-order valence-corrected chi connectivity index (χ1v) is 7.56. The maximum absolute atomic E-state index is 12.2. The van der Waals surface area contributed by atoms with Crippen LogP contribution >= 0.6 is 0 Å². The van der Waals surface area contributed by atoms with E-state index < -0.39 is 0 Å². The summed E-state index contributed by atoms with van der Waals surface area (Å²) in [5.41, 5.74) is 0. The van der Waals surface area contributed by atoms with Gasteiger partial charge in [-0.3, -0.25) is 4.79 Å². The van der Waals surface area contributed by atoms with Crippen molar-refractivity contribution in [2.75, 3.05) is 45.9 Å². The molecule has 0 radical (unpaired) electrons. The molecule has 0 aromatic heterocycles. The lowest BCUT2D eigenvalue weighted by Crippen LogP contribution is -2.47. The molecule has 0 aliphatic carbocycles. The van der Waals surface area contributed by atoms with Crippen molar-refractivity contribution >= 4 is 5.91 Å². The number of amides is 1. The van der Waals surface area contributed by atoms with E-state index in [2.05, 4.69) is 4.90 Å². The van der Waals surface area contributed by atoms with Crippen LogP contribution < -0.4 is 0 Å². The summed E-state index contributed by atoms with van der Waals surface area (Å²) in [5.74, 6) is -0.0779. The van der Waals surface area contributed by atoms with E-state index in [0.29, 0.717) is 25.5 Å². The molecule has 1 spiro atoms. The lowest BCUT2D eigenvalue weighted by Gasteiger charge is -2.37. The molecule has 3 fully saturated rings. The Hall–Kier alpha value is -0.650. The molecule has 19 heavy (non-hydrogen) atoms. The Labute approximate surface area is 114 Å².